The first kappa shape index (κ1) is 6.28. The minimum atomic E-state index is 1.00. The Kier molecular flexibility index (Phi) is 1.21. The molecule has 1 unspecified atom stereocenters. The van der Waals surface area contributed by atoms with E-state index in [1.54, 1.807) is 6.42 Å². The van der Waals surface area contributed by atoms with Gasteiger partial charge in [-0.25, -0.2) is 0 Å². The molecular formula is C11H16. The molecule has 0 aliphatic heterocycles. The third kappa shape index (κ3) is 0.758. The lowest BCUT2D eigenvalue weighted by Gasteiger charge is -2.15. The van der Waals surface area contributed by atoms with Crippen molar-refractivity contribution in [2.45, 2.75) is 32.1 Å². The summed E-state index contributed by atoms with van der Waals surface area (Å²) in [5.74, 6) is 4.34. The standard InChI is InChI=1S/C11H16/c1-3-8-7-9(4-1)11-6-2-5-10(8)11/h1,3,8-11H,2,4-7H2/t8-,9+,10+,11?/m1/s1. The Morgan fingerprint density at radius 3 is 3.00 bits per heavy atom. The molecule has 0 aromatic carbocycles. The molecule has 2 fully saturated rings. The summed E-state index contributed by atoms with van der Waals surface area (Å²) in [6.07, 6.45) is 12.5. The highest BCUT2D eigenvalue weighted by Gasteiger charge is 2.45. The zero-order chi connectivity index (χ0) is 7.26. The number of hydrogen-bond acceptors (Lipinski definition) is 0. The monoisotopic (exact) mass is 148 g/mol. The quantitative estimate of drug-likeness (QED) is 0.463. The van der Waals surface area contributed by atoms with E-state index < -0.39 is 0 Å². The third-order valence-corrected chi connectivity index (χ3v) is 4.18. The van der Waals surface area contributed by atoms with Crippen molar-refractivity contribution in [1.29, 1.82) is 0 Å². The highest BCUT2D eigenvalue weighted by atomic mass is 14.5. The molecule has 0 spiro atoms. The van der Waals surface area contributed by atoms with E-state index in [-0.39, 0.29) is 0 Å². The van der Waals surface area contributed by atoms with E-state index in [2.05, 4.69) is 12.2 Å². The minimum Gasteiger partial charge on any atom is -0.0880 e. The van der Waals surface area contributed by atoms with Gasteiger partial charge in [-0.2, -0.15) is 0 Å². The minimum absolute atomic E-state index is 1.00. The van der Waals surface area contributed by atoms with Crippen LogP contribution in [-0.4, -0.2) is 0 Å². The average molecular weight is 148 g/mol. The van der Waals surface area contributed by atoms with E-state index in [0.717, 1.165) is 23.7 Å². The summed E-state index contributed by atoms with van der Waals surface area (Å²) in [7, 11) is 0. The van der Waals surface area contributed by atoms with Crippen LogP contribution >= 0.6 is 0 Å². The molecule has 0 N–H and O–H groups in total. The first-order chi connectivity index (χ1) is 5.45. The predicted molar refractivity (Wildman–Crippen MR) is 46.2 cm³/mol. The van der Waals surface area contributed by atoms with Gasteiger partial charge < -0.3 is 0 Å². The first-order valence-electron chi connectivity index (χ1n) is 5.12. The van der Waals surface area contributed by atoms with E-state index >= 15 is 0 Å². The lowest BCUT2D eigenvalue weighted by molar-refractivity contribution is 0.354. The van der Waals surface area contributed by atoms with Crippen molar-refractivity contribution in [2.75, 3.05) is 0 Å². The van der Waals surface area contributed by atoms with Crippen molar-refractivity contribution in [2.24, 2.45) is 23.7 Å². The van der Waals surface area contributed by atoms with Crippen LogP contribution in [0.3, 0.4) is 0 Å². The maximum Gasteiger partial charge on any atom is -0.0200 e. The Morgan fingerprint density at radius 2 is 2.00 bits per heavy atom. The summed E-state index contributed by atoms with van der Waals surface area (Å²) in [5.41, 5.74) is 0. The largest absolute Gasteiger partial charge is 0.0880 e. The first-order valence-corrected chi connectivity index (χ1v) is 5.12. The molecule has 0 nitrogen and oxygen atoms in total. The van der Waals surface area contributed by atoms with Crippen LogP contribution in [-0.2, 0) is 0 Å². The van der Waals surface area contributed by atoms with Crippen molar-refractivity contribution in [3.8, 4) is 0 Å². The second-order valence-electron chi connectivity index (χ2n) is 4.58. The molecule has 4 atom stereocenters. The van der Waals surface area contributed by atoms with Crippen molar-refractivity contribution < 1.29 is 0 Å². The average Bonchev–Trinajstić information content (AvgIpc) is 2.58. The maximum atomic E-state index is 2.51. The van der Waals surface area contributed by atoms with E-state index in [1.807, 2.05) is 0 Å². The van der Waals surface area contributed by atoms with Crippen LogP contribution < -0.4 is 0 Å². The van der Waals surface area contributed by atoms with Crippen molar-refractivity contribution >= 4 is 0 Å². The van der Waals surface area contributed by atoms with Crippen LogP contribution in [0.15, 0.2) is 12.2 Å². The number of rotatable bonds is 0. The highest BCUT2D eigenvalue weighted by molar-refractivity contribution is 5.08. The fraction of sp³-hybridized carbons (Fsp3) is 0.818. The van der Waals surface area contributed by atoms with Gasteiger partial charge in [-0.1, -0.05) is 18.6 Å². The van der Waals surface area contributed by atoms with Crippen LogP contribution in [0.4, 0.5) is 0 Å². The lowest BCUT2D eigenvalue weighted by Crippen LogP contribution is -2.07. The van der Waals surface area contributed by atoms with Gasteiger partial charge in [-0.3, -0.25) is 0 Å². The molecule has 60 valence electrons. The molecule has 3 rings (SSSR count). The number of allylic oxidation sites excluding steroid dienone is 2. The Hall–Kier alpha value is -0.260. The molecule has 11 heavy (non-hydrogen) atoms. The molecule has 0 aromatic rings. The molecular weight excluding hydrogens is 132 g/mol. The summed E-state index contributed by atoms with van der Waals surface area (Å²) in [5, 5.41) is 0. The second kappa shape index (κ2) is 2.12. The van der Waals surface area contributed by atoms with Gasteiger partial charge >= 0.3 is 0 Å². The summed E-state index contributed by atoms with van der Waals surface area (Å²) in [4.78, 5) is 0. The second-order valence-corrected chi connectivity index (χ2v) is 4.58. The Labute approximate surface area is 68.7 Å². The van der Waals surface area contributed by atoms with Gasteiger partial charge in [0.1, 0.15) is 0 Å². The Morgan fingerprint density at radius 1 is 1.09 bits per heavy atom. The van der Waals surface area contributed by atoms with Crippen LogP contribution in [0.5, 0.6) is 0 Å². The van der Waals surface area contributed by atoms with Crippen molar-refractivity contribution in [3.05, 3.63) is 12.2 Å². The molecule has 0 heteroatoms. The van der Waals surface area contributed by atoms with Gasteiger partial charge in [0.15, 0.2) is 0 Å². The number of fused-ring (bicyclic) bond motifs is 5. The molecule has 2 saturated carbocycles. The van der Waals surface area contributed by atoms with Gasteiger partial charge in [0.05, 0.1) is 0 Å². The van der Waals surface area contributed by atoms with E-state index in [1.165, 1.54) is 25.7 Å². The van der Waals surface area contributed by atoms with Crippen LogP contribution in [0.25, 0.3) is 0 Å². The van der Waals surface area contributed by atoms with E-state index in [9.17, 15) is 0 Å². The fourth-order valence-electron chi connectivity index (χ4n) is 3.75. The summed E-state index contributed by atoms with van der Waals surface area (Å²) in [6, 6.07) is 0. The topological polar surface area (TPSA) is 0 Å². The Balaban J connectivity index is 1.95. The molecule has 3 aliphatic rings. The molecule has 2 bridgehead atoms. The third-order valence-electron chi connectivity index (χ3n) is 4.18. The van der Waals surface area contributed by atoms with Gasteiger partial charge in [0.2, 0.25) is 0 Å². The molecule has 3 aliphatic carbocycles. The maximum absolute atomic E-state index is 2.51. The molecule has 0 heterocycles. The predicted octanol–water partition coefficient (Wildman–Crippen LogP) is 3.00. The van der Waals surface area contributed by atoms with Gasteiger partial charge in [0.25, 0.3) is 0 Å². The lowest BCUT2D eigenvalue weighted by atomic mass is 9.90. The zero-order valence-electron chi connectivity index (χ0n) is 7.00. The summed E-state index contributed by atoms with van der Waals surface area (Å²) >= 11 is 0. The normalized spacial score (nSPS) is 53.1. The van der Waals surface area contributed by atoms with Crippen LogP contribution in [0, 0.1) is 23.7 Å². The van der Waals surface area contributed by atoms with Crippen LogP contribution in [0.1, 0.15) is 32.1 Å². The van der Waals surface area contributed by atoms with E-state index in [0.29, 0.717) is 0 Å². The highest BCUT2D eigenvalue weighted by Crippen LogP contribution is 2.54. The summed E-state index contributed by atoms with van der Waals surface area (Å²) < 4.78 is 0. The number of hydrogen-bond donors (Lipinski definition) is 0. The van der Waals surface area contributed by atoms with Crippen LogP contribution in [0.2, 0.25) is 0 Å². The van der Waals surface area contributed by atoms with E-state index in [4.69, 9.17) is 0 Å². The molecule has 0 amide bonds. The SMILES string of the molecule is C1=C[C@@H]2C[C@H](C1)C1CCC[C@H]12. The van der Waals surface area contributed by atoms with Gasteiger partial charge in [-0.15, -0.1) is 0 Å². The van der Waals surface area contributed by atoms with Gasteiger partial charge in [-0.05, 0) is 49.4 Å². The molecule has 0 aromatic heterocycles. The fourth-order valence-corrected chi connectivity index (χ4v) is 3.75. The van der Waals surface area contributed by atoms with Crippen molar-refractivity contribution in [1.82, 2.24) is 0 Å². The van der Waals surface area contributed by atoms with Gasteiger partial charge in [0, 0.05) is 0 Å². The summed E-state index contributed by atoms with van der Waals surface area (Å²) in [6.45, 7) is 0. The molecule has 0 radical (unpaired) electrons. The van der Waals surface area contributed by atoms with Crippen molar-refractivity contribution in [3.63, 3.8) is 0 Å². The smallest absolute Gasteiger partial charge is 0.0200 e. The zero-order valence-corrected chi connectivity index (χ0v) is 7.00. The Bertz CT molecular complexity index is 192. The molecule has 0 saturated heterocycles.